The first kappa shape index (κ1) is 64.2. The summed E-state index contributed by atoms with van der Waals surface area (Å²) >= 11 is 0. The number of aliphatic hydroxyl groups excluding tert-OH is 2. The Bertz CT molecular complexity index is 1210. The van der Waals surface area contributed by atoms with E-state index in [0.717, 1.165) is 0 Å². The quantitative estimate of drug-likeness (QED) is 0.129. The lowest BCUT2D eigenvalue weighted by molar-refractivity contribution is -0.0660. The number of ether oxygens (including phenoxy) is 8. The third kappa shape index (κ3) is 25.3. The van der Waals surface area contributed by atoms with Gasteiger partial charge in [0, 0.05) is 52.5 Å². The Kier molecular flexibility index (Phi) is 33.9. The van der Waals surface area contributed by atoms with Crippen LogP contribution < -0.4 is 0 Å². The van der Waals surface area contributed by atoms with Gasteiger partial charge in [-0.2, -0.15) is 0 Å². The SMILES string of the molecule is C.C.COP(=O)(OC)OC.[B][C@H]1CC(O)[C@@H](COC(C)C)O1.[B][C@H]1CC(OC(C)C)[C@@H](CO)O1.[B][C@H]1CC(OC(C)C)[C@@H](COP(=O)(OC)OC2C[C@H]([B])O[C@@H]2COC(C)C)O1. The van der Waals surface area contributed by atoms with Gasteiger partial charge in [-0.3, -0.25) is 27.1 Å². The molecule has 2 N–H and O–H groups in total. The van der Waals surface area contributed by atoms with E-state index in [-0.39, 0.29) is 95.5 Å². The molecule has 0 aromatic rings. The van der Waals surface area contributed by atoms with Crippen molar-refractivity contribution in [2.24, 2.45) is 0 Å². The van der Waals surface area contributed by atoms with E-state index in [9.17, 15) is 14.2 Å². The fraction of sp³-hybridized carbons (Fsp3) is 1.00. The van der Waals surface area contributed by atoms with Crippen molar-refractivity contribution in [2.45, 2.75) is 193 Å². The third-order valence-corrected chi connectivity index (χ3v) is 11.5. The van der Waals surface area contributed by atoms with Crippen molar-refractivity contribution in [3.8, 4) is 0 Å². The van der Waals surface area contributed by atoms with Gasteiger partial charge < -0.3 is 48.1 Å². The van der Waals surface area contributed by atoms with Crippen molar-refractivity contribution in [1.82, 2.24) is 0 Å². The first-order valence-corrected chi connectivity index (χ1v) is 23.2. The molecule has 0 aliphatic carbocycles. The average molecular weight is 928 g/mol. The lowest BCUT2D eigenvalue weighted by Gasteiger charge is -2.26. The molecule has 4 aliphatic heterocycles. The molecule has 8 radical (unpaired) electrons. The van der Waals surface area contributed by atoms with Crippen LogP contribution in [-0.2, 0) is 74.2 Å². The maximum absolute atomic E-state index is 13.0. The standard InChI is InChI=1S/C17H31B2O8P.2C8H15BO3.C3H9O4P.2CH4/c1-10(2)22-8-14-13(7-17(19)25-14)27-28(20,21-5)23-9-15-12(24-11(3)4)6-16(18)26-15;1-5(2)11-4-7-6(10)3-8(9)12-7;1-5(2)11-6-3-8(9)12-7(6)4-10;1-5-8(4,6-2)7-3;;/h10-17H,6-9H2,1-5H3;2*5-8,10H,3-4H2,1-2H3;1-3H3;2*1H4/t12?,13?,14-,15-,16-,17-,28?;2*6?,7-,8-;;;/m111.../s1. The summed E-state index contributed by atoms with van der Waals surface area (Å²) in [6.45, 7) is 16.1. The molecule has 0 aromatic heterocycles. The minimum atomic E-state index is -3.86. The summed E-state index contributed by atoms with van der Waals surface area (Å²) in [5.41, 5.74) is 0. The van der Waals surface area contributed by atoms with Crippen molar-refractivity contribution in [1.29, 1.82) is 0 Å². The van der Waals surface area contributed by atoms with Crippen LogP contribution in [-0.4, -0.2) is 194 Å². The molecule has 62 heavy (non-hydrogen) atoms. The van der Waals surface area contributed by atoms with E-state index in [1.54, 1.807) is 0 Å². The van der Waals surface area contributed by atoms with Crippen LogP contribution in [0.15, 0.2) is 0 Å². The first-order valence-electron chi connectivity index (χ1n) is 20.3. The summed E-state index contributed by atoms with van der Waals surface area (Å²) in [6, 6.07) is -1.61. The van der Waals surface area contributed by atoms with Crippen molar-refractivity contribution in [3.63, 3.8) is 0 Å². The number of phosphoric ester groups is 2. The maximum atomic E-state index is 13.0. The van der Waals surface area contributed by atoms with E-state index in [0.29, 0.717) is 32.3 Å². The minimum absolute atomic E-state index is 0. The summed E-state index contributed by atoms with van der Waals surface area (Å²) in [7, 11) is 20.8. The van der Waals surface area contributed by atoms with Crippen molar-refractivity contribution in [2.75, 3.05) is 54.9 Å². The van der Waals surface area contributed by atoms with Crippen LogP contribution in [0.25, 0.3) is 0 Å². The van der Waals surface area contributed by atoms with Crippen LogP contribution in [0.5, 0.6) is 0 Å². The Labute approximate surface area is 378 Å². The van der Waals surface area contributed by atoms with Crippen molar-refractivity contribution < 1.29 is 84.4 Å². The fourth-order valence-corrected chi connectivity index (χ4v) is 7.54. The first-order chi connectivity index (χ1) is 28.0. The number of hydrogen-bond acceptors (Lipinski definition) is 18. The molecule has 4 rings (SSSR count). The Morgan fingerprint density at radius 3 is 1.24 bits per heavy atom. The van der Waals surface area contributed by atoms with Gasteiger partial charge in [0.25, 0.3) is 0 Å². The monoisotopic (exact) mass is 929 g/mol. The minimum Gasteiger partial charge on any atom is -0.394 e. The summed E-state index contributed by atoms with van der Waals surface area (Å²) in [6.07, 6.45) is -0.371. The van der Waals surface area contributed by atoms with Gasteiger partial charge >= 0.3 is 15.6 Å². The highest BCUT2D eigenvalue weighted by molar-refractivity contribution is 7.48. The van der Waals surface area contributed by atoms with Gasteiger partial charge in [0.2, 0.25) is 0 Å². The molecule has 4 fully saturated rings. The lowest BCUT2D eigenvalue weighted by atomic mass is 9.96. The third-order valence-electron chi connectivity index (χ3n) is 8.76. The Morgan fingerprint density at radius 1 is 0.532 bits per heavy atom. The zero-order valence-electron chi connectivity index (χ0n) is 37.5. The topological polar surface area (TPSA) is 204 Å². The Morgan fingerprint density at radius 2 is 0.887 bits per heavy atom. The van der Waals surface area contributed by atoms with Gasteiger partial charge in [-0.15, -0.1) is 0 Å². The molecule has 0 saturated carbocycles. The predicted molar refractivity (Wildman–Crippen MR) is 239 cm³/mol. The van der Waals surface area contributed by atoms with Gasteiger partial charge in [0.15, 0.2) is 0 Å². The summed E-state index contributed by atoms with van der Waals surface area (Å²) < 4.78 is 96.8. The number of aliphatic hydroxyl groups is 2. The largest absolute Gasteiger partial charge is 0.474 e. The highest BCUT2D eigenvalue weighted by Gasteiger charge is 2.42. The summed E-state index contributed by atoms with van der Waals surface area (Å²) in [5, 5.41) is 18.3. The molecule has 4 aliphatic rings. The molecule has 4 heterocycles. The number of hydrogen-bond donors (Lipinski definition) is 2. The molecule has 24 heteroatoms. The van der Waals surface area contributed by atoms with E-state index >= 15 is 0 Å². The zero-order valence-corrected chi connectivity index (χ0v) is 39.3. The van der Waals surface area contributed by atoms with E-state index < -0.39 is 52.1 Å². The average Bonchev–Trinajstić information content (AvgIpc) is 3.92. The molecular weight excluding hydrogens is 850 g/mol. The molecule has 0 bridgehead atoms. The second-order valence-corrected chi connectivity index (χ2v) is 19.0. The van der Waals surface area contributed by atoms with Crippen molar-refractivity contribution >= 4 is 47.0 Å². The van der Waals surface area contributed by atoms with Crippen LogP contribution in [0.2, 0.25) is 0 Å². The number of rotatable bonds is 20. The fourth-order valence-electron chi connectivity index (χ4n) is 5.96. The Balaban J connectivity index is 0. The number of phosphoric acid groups is 2. The van der Waals surface area contributed by atoms with E-state index in [2.05, 4.69) is 13.6 Å². The van der Waals surface area contributed by atoms with Crippen LogP contribution >= 0.6 is 15.6 Å². The van der Waals surface area contributed by atoms with E-state index in [1.807, 2.05) is 55.4 Å². The molecule has 360 valence electrons. The van der Waals surface area contributed by atoms with Crippen LogP contribution in [0.4, 0.5) is 0 Å². The van der Waals surface area contributed by atoms with E-state index in [4.69, 9.17) is 88.0 Å². The maximum Gasteiger partial charge on any atom is 0.474 e. The molecule has 0 spiro atoms. The van der Waals surface area contributed by atoms with Gasteiger partial charge in [0.1, 0.15) is 55.8 Å². The molecule has 0 amide bonds. The second-order valence-electron chi connectivity index (χ2n) is 15.3. The molecule has 4 saturated heterocycles. The highest BCUT2D eigenvalue weighted by atomic mass is 31.2. The predicted octanol–water partition coefficient (Wildman–Crippen LogP) is 4.35. The van der Waals surface area contributed by atoms with Gasteiger partial charge in [-0.25, -0.2) is 9.13 Å². The van der Waals surface area contributed by atoms with Gasteiger partial charge in [0.05, 0.1) is 75.3 Å². The molecule has 0 aromatic carbocycles. The highest BCUT2D eigenvalue weighted by Crippen LogP contribution is 2.52. The second kappa shape index (κ2) is 32.7. The lowest BCUT2D eigenvalue weighted by Crippen LogP contribution is -2.32. The smallest absolute Gasteiger partial charge is 0.394 e. The molecule has 18 nitrogen and oxygen atoms in total. The molecular formula is C38H78B4O18P2. The Hall–Kier alpha value is 0.0797. The summed E-state index contributed by atoms with van der Waals surface area (Å²) in [4.78, 5) is 0. The van der Waals surface area contributed by atoms with E-state index in [1.165, 1.54) is 28.4 Å². The zero-order chi connectivity index (χ0) is 45.8. The molecule has 5 unspecified atom stereocenters. The van der Waals surface area contributed by atoms with Crippen LogP contribution in [0, 0.1) is 0 Å². The normalized spacial score (nSPS) is 31.6. The van der Waals surface area contributed by atoms with Crippen LogP contribution in [0.3, 0.4) is 0 Å². The van der Waals surface area contributed by atoms with Crippen LogP contribution in [0.1, 0.15) is 95.9 Å². The van der Waals surface area contributed by atoms with Gasteiger partial charge in [-0.1, -0.05) is 14.9 Å². The summed E-state index contributed by atoms with van der Waals surface area (Å²) in [5.74, 6) is 0. The van der Waals surface area contributed by atoms with Gasteiger partial charge in [-0.05, 0) is 81.1 Å². The molecule has 13 atom stereocenters. The van der Waals surface area contributed by atoms with Crippen molar-refractivity contribution in [3.05, 3.63) is 0 Å².